The summed E-state index contributed by atoms with van der Waals surface area (Å²) in [7, 11) is 0. The number of ether oxygens (including phenoxy) is 1. The predicted molar refractivity (Wildman–Crippen MR) is 96.2 cm³/mol. The first kappa shape index (κ1) is 19.0. The van der Waals surface area contributed by atoms with Crippen molar-refractivity contribution >= 4 is 11.9 Å². The molecule has 1 saturated heterocycles. The van der Waals surface area contributed by atoms with E-state index in [4.69, 9.17) is 4.74 Å². The first-order valence-electron chi connectivity index (χ1n) is 9.23. The van der Waals surface area contributed by atoms with E-state index < -0.39 is 0 Å². The van der Waals surface area contributed by atoms with E-state index in [9.17, 15) is 4.79 Å². The van der Waals surface area contributed by atoms with Gasteiger partial charge in [-0.2, -0.15) is 0 Å². The van der Waals surface area contributed by atoms with Crippen molar-refractivity contribution < 1.29 is 9.53 Å². The van der Waals surface area contributed by atoms with Gasteiger partial charge in [-0.15, -0.1) is 0 Å². The summed E-state index contributed by atoms with van der Waals surface area (Å²) in [4.78, 5) is 18.7. The molecule has 0 spiro atoms. The summed E-state index contributed by atoms with van der Waals surface area (Å²) in [5.41, 5.74) is 0. The van der Waals surface area contributed by atoms with Crippen LogP contribution in [0.5, 0.6) is 0 Å². The highest BCUT2D eigenvalue weighted by molar-refractivity contribution is 5.85. The van der Waals surface area contributed by atoms with Crippen LogP contribution >= 0.6 is 0 Å². The molecule has 138 valence electrons. The molecule has 0 radical (unpaired) electrons. The highest BCUT2D eigenvalue weighted by Crippen LogP contribution is 2.18. The normalized spacial score (nSPS) is 20.8. The molecule has 24 heavy (non-hydrogen) atoms. The molecule has 7 heteroatoms. The molecule has 1 heterocycles. The maximum atomic E-state index is 11.8. The van der Waals surface area contributed by atoms with Crippen LogP contribution in [0.4, 0.5) is 0 Å². The molecule has 1 aliphatic heterocycles. The zero-order valence-corrected chi connectivity index (χ0v) is 15.3. The lowest BCUT2D eigenvalue weighted by Gasteiger charge is -2.37. The van der Waals surface area contributed by atoms with Crippen LogP contribution in [-0.4, -0.2) is 74.8 Å². The lowest BCUT2D eigenvalue weighted by atomic mass is 10.0. The minimum absolute atomic E-state index is 0.00305. The van der Waals surface area contributed by atoms with Crippen molar-refractivity contribution in [2.24, 2.45) is 10.9 Å². The summed E-state index contributed by atoms with van der Waals surface area (Å²) in [5, 5.41) is 9.58. The Hall–Kier alpha value is -1.34. The van der Waals surface area contributed by atoms with Gasteiger partial charge in [-0.05, 0) is 25.7 Å². The second-order valence-electron chi connectivity index (χ2n) is 6.88. The van der Waals surface area contributed by atoms with Gasteiger partial charge in [-0.3, -0.25) is 9.69 Å². The van der Waals surface area contributed by atoms with Gasteiger partial charge in [0.2, 0.25) is 5.91 Å². The maximum absolute atomic E-state index is 11.8. The average Bonchev–Trinajstić information content (AvgIpc) is 3.37. The van der Waals surface area contributed by atoms with Crippen molar-refractivity contribution in [2.45, 2.75) is 45.7 Å². The van der Waals surface area contributed by atoms with E-state index in [0.29, 0.717) is 24.0 Å². The SMILES string of the molecule is CCNC(=NCC(=O)NC1CC1)NCC(C(C)C)N1CCOCC1. The van der Waals surface area contributed by atoms with Crippen molar-refractivity contribution in [1.29, 1.82) is 0 Å². The smallest absolute Gasteiger partial charge is 0.242 e. The molecule has 1 atom stereocenters. The van der Waals surface area contributed by atoms with Crippen LogP contribution in [0, 0.1) is 5.92 Å². The van der Waals surface area contributed by atoms with Crippen molar-refractivity contribution in [3.8, 4) is 0 Å². The first-order valence-corrected chi connectivity index (χ1v) is 9.23. The summed E-state index contributed by atoms with van der Waals surface area (Å²) < 4.78 is 5.45. The van der Waals surface area contributed by atoms with E-state index >= 15 is 0 Å². The van der Waals surface area contributed by atoms with Gasteiger partial charge >= 0.3 is 0 Å². The lowest BCUT2D eigenvalue weighted by molar-refractivity contribution is -0.119. The predicted octanol–water partition coefficient (Wildman–Crippen LogP) is 0.177. The van der Waals surface area contributed by atoms with E-state index in [1.54, 1.807) is 0 Å². The Morgan fingerprint density at radius 3 is 2.54 bits per heavy atom. The third-order valence-corrected chi connectivity index (χ3v) is 4.43. The van der Waals surface area contributed by atoms with Crippen LogP contribution in [0.2, 0.25) is 0 Å². The highest BCUT2D eigenvalue weighted by atomic mass is 16.5. The third kappa shape index (κ3) is 6.65. The Kier molecular flexibility index (Phi) is 7.78. The highest BCUT2D eigenvalue weighted by Gasteiger charge is 2.24. The minimum Gasteiger partial charge on any atom is -0.379 e. The Labute approximate surface area is 145 Å². The van der Waals surface area contributed by atoms with E-state index in [-0.39, 0.29) is 12.5 Å². The Morgan fingerprint density at radius 2 is 1.96 bits per heavy atom. The molecular weight excluding hydrogens is 306 g/mol. The molecular formula is C17H33N5O2. The number of carbonyl (C=O) groups is 1. The average molecular weight is 339 g/mol. The molecule has 0 bridgehead atoms. The summed E-state index contributed by atoms with van der Waals surface area (Å²) in [6, 6.07) is 0.813. The van der Waals surface area contributed by atoms with E-state index in [2.05, 4.69) is 39.7 Å². The number of hydrogen-bond donors (Lipinski definition) is 3. The van der Waals surface area contributed by atoms with Gasteiger partial charge in [0.1, 0.15) is 6.54 Å². The number of morpholine rings is 1. The number of rotatable bonds is 8. The number of hydrogen-bond acceptors (Lipinski definition) is 4. The second kappa shape index (κ2) is 9.84. The fourth-order valence-electron chi connectivity index (χ4n) is 2.89. The van der Waals surface area contributed by atoms with Gasteiger partial charge in [-0.1, -0.05) is 13.8 Å². The Bertz CT molecular complexity index is 417. The zero-order chi connectivity index (χ0) is 17.4. The monoisotopic (exact) mass is 339 g/mol. The summed E-state index contributed by atoms with van der Waals surface area (Å²) in [6.45, 7) is 11.8. The molecule has 1 aliphatic carbocycles. The molecule has 2 fully saturated rings. The fraction of sp³-hybridized carbons (Fsp3) is 0.882. The van der Waals surface area contributed by atoms with E-state index in [0.717, 1.165) is 52.2 Å². The van der Waals surface area contributed by atoms with E-state index in [1.807, 2.05) is 6.92 Å². The molecule has 0 aromatic rings. The number of nitrogens with zero attached hydrogens (tertiary/aromatic N) is 2. The molecule has 2 aliphatic rings. The fourth-order valence-corrected chi connectivity index (χ4v) is 2.89. The Balaban J connectivity index is 1.83. The molecule has 0 aromatic carbocycles. The van der Waals surface area contributed by atoms with Crippen LogP contribution < -0.4 is 16.0 Å². The molecule has 3 N–H and O–H groups in total. The van der Waals surface area contributed by atoms with Crippen molar-refractivity contribution in [3.05, 3.63) is 0 Å². The molecule has 1 unspecified atom stereocenters. The van der Waals surface area contributed by atoms with Gasteiger partial charge in [0.25, 0.3) is 0 Å². The topological polar surface area (TPSA) is 78.0 Å². The van der Waals surface area contributed by atoms with Crippen LogP contribution in [0.15, 0.2) is 4.99 Å². The summed E-state index contributed by atoms with van der Waals surface area (Å²) in [5.74, 6) is 1.25. The van der Waals surface area contributed by atoms with Gasteiger partial charge in [-0.25, -0.2) is 4.99 Å². The number of amides is 1. The standard InChI is InChI=1S/C17H33N5O2/c1-4-18-17(20-12-16(23)21-14-5-6-14)19-11-15(13(2)3)22-7-9-24-10-8-22/h13-15H,4-12H2,1-3H3,(H,21,23)(H2,18,19,20). The largest absolute Gasteiger partial charge is 0.379 e. The van der Waals surface area contributed by atoms with Crippen LogP contribution in [0.3, 0.4) is 0 Å². The molecule has 7 nitrogen and oxygen atoms in total. The van der Waals surface area contributed by atoms with Crippen LogP contribution in [0.1, 0.15) is 33.6 Å². The van der Waals surface area contributed by atoms with Gasteiger partial charge < -0.3 is 20.7 Å². The quantitative estimate of drug-likeness (QED) is 0.434. The molecule has 1 saturated carbocycles. The van der Waals surface area contributed by atoms with Gasteiger partial charge in [0.15, 0.2) is 5.96 Å². The summed E-state index contributed by atoms with van der Waals surface area (Å²) >= 11 is 0. The number of carbonyl (C=O) groups excluding carboxylic acids is 1. The van der Waals surface area contributed by atoms with Gasteiger partial charge in [0.05, 0.1) is 13.2 Å². The molecule has 0 aromatic heterocycles. The zero-order valence-electron chi connectivity index (χ0n) is 15.3. The number of nitrogens with one attached hydrogen (secondary N) is 3. The Morgan fingerprint density at radius 1 is 1.25 bits per heavy atom. The van der Waals surface area contributed by atoms with Crippen LogP contribution in [0.25, 0.3) is 0 Å². The molecule has 2 rings (SSSR count). The van der Waals surface area contributed by atoms with Crippen LogP contribution in [-0.2, 0) is 9.53 Å². The van der Waals surface area contributed by atoms with Crippen molar-refractivity contribution in [3.63, 3.8) is 0 Å². The first-order chi connectivity index (χ1) is 11.6. The number of guanidine groups is 1. The second-order valence-corrected chi connectivity index (χ2v) is 6.88. The van der Waals surface area contributed by atoms with E-state index in [1.165, 1.54) is 0 Å². The van der Waals surface area contributed by atoms with Gasteiger partial charge in [0, 0.05) is 38.3 Å². The number of aliphatic imine (C=N–C) groups is 1. The maximum Gasteiger partial charge on any atom is 0.242 e. The van der Waals surface area contributed by atoms with Crippen molar-refractivity contribution in [2.75, 3.05) is 45.9 Å². The summed E-state index contributed by atoms with van der Waals surface area (Å²) in [6.07, 6.45) is 2.20. The lowest BCUT2D eigenvalue weighted by Crippen LogP contribution is -2.52. The third-order valence-electron chi connectivity index (χ3n) is 4.43. The minimum atomic E-state index is 0.00305. The molecule has 1 amide bonds. The van der Waals surface area contributed by atoms with Crippen molar-refractivity contribution in [1.82, 2.24) is 20.9 Å².